The van der Waals surface area contributed by atoms with Gasteiger partial charge in [0.25, 0.3) is 5.91 Å². The minimum absolute atomic E-state index is 0.0600. The first-order valence-corrected chi connectivity index (χ1v) is 8.17. The topological polar surface area (TPSA) is 40.6 Å². The van der Waals surface area contributed by atoms with E-state index >= 15 is 0 Å². The summed E-state index contributed by atoms with van der Waals surface area (Å²) in [5.74, 6) is -0.193. The van der Waals surface area contributed by atoms with E-state index < -0.39 is 6.17 Å². The number of hydrogen-bond donors (Lipinski definition) is 0. The predicted molar refractivity (Wildman–Crippen MR) is 96.4 cm³/mol. The highest BCUT2D eigenvalue weighted by Crippen LogP contribution is 2.47. The second kappa shape index (κ2) is 5.05. The van der Waals surface area contributed by atoms with E-state index in [1.54, 1.807) is 29.2 Å². The molecule has 2 aliphatic heterocycles. The number of amides is 1. The summed E-state index contributed by atoms with van der Waals surface area (Å²) in [6.45, 7) is 0. The first-order chi connectivity index (χ1) is 12.3. The third-order valence-electron chi connectivity index (χ3n) is 4.80. The van der Waals surface area contributed by atoms with Gasteiger partial charge in [0, 0.05) is 11.3 Å². The van der Waals surface area contributed by atoms with Gasteiger partial charge in [0.1, 0.15) is 0 Å². The van der Waals surface area contributed by atoms with Gasteiger partial charge >= 0.3 is 0 Å². The Balaban J connectivity index is 1.78. The van der Waals surface area contributed by atoms with Gasteiger partial charge in [-0.25, -0.2) is 0 Å². The Hall–Kier alpha value is -3.40. The zero-order valence-electron chi connectivity index (χ0n) is 13.3. The molecule has 0 N–H and O–H groups in total. The van der Waals surface area contributed by atoms with Gasteiger partial charge in [0.05, 0.1) is 16.9 Å². The summed E-state index contributed by atoms with van der Waals surface area (Å²) in [6, 6.07) is 24.4. The normalized spacial score (nSPS) is 18.0. The molecule has 0 aliphatic carbocycles. The summed E-state index contributed by atoms with van der Waals surface area (Å²) >= 11 is 0. The molecule has 2 heterocycles. The van der Waals surface area contributed by atoms with Crippen LogP contribution in [0.15, 0.2) is 78.9 Å². The van der Waals surface area contributed by atoms with Crippen molar-refractivity contribution in [1.29, 1.82) is 0 Å². The fraction of sp³-hybridized carbons (Fsp3) is 0.0476. The van der Waals surface area contributed by atoms with Crippen molar-refractivity contribution in [2.45, 2.75) is 6.17 Å². The molecule has 3 aromatic carbocycles. The van der Waals surface area contributed by atoms with Crippen LogP contribution in [0.3, 0.4) is 0 Å². The molecule has 120 valence electrons. The number of anilines is 3. The Kier molecular flexibility index (Phi) is 2.82. The highest BCUT2D eigenvalue weighted by atomic mass is 16.2. The van der Waals surface area contributed by atoms with Crippen molar-refractivity contribution < 1.29 is 9.59 Å². The van der Waals surface area contributed by atoms with Crippen LogP contribution in [0.5, 0.6) is 0 Å². The van der Waals surface area contributed by atoms with Gasteiger partial charge in [-0.3, -0.25) is 14.5 Å². The summed E-state index contributed by atoms with van der Waals surface area (Å²) < 4.78 is 0. The van der Waals surface area contributed by atoms with Crippen LogP contribution in [-0.2, 0) is 0 Å². The maximum absolute atomic E-state index is 13.3. The molecule has 0 spiro atoms. The number of benzene rings is 3. The highest BCUT2D eigenvalue weighted by molar-refractivity contribution is 6.26. The monoisotopic (exact) mass is 326 g/mol. The van der Waals surface area contributed by atoms with E-state index in [-0.39, 0.29) is 11.7 Å². The smallest absolute Gasteiger partial charge is 0.261 e. The molecule has 1 atom stereocenters. The first-order valence-electron chi connectivity index (χ1n) is 8.17. The molecule has 1 amide bonds. The van der Waals surface area contributed by atoms with E-state index in [0.717, 1.165) is 17.1 Å². The molecule has 4 nitrogen and oxygen atoms in total. The van der Waals surface area contributed by atoms with E-state index in [0.29, 0.717) is 11.1 Å². The molecule has 0 aromatic heterocycles. The molecular formula is C21H14N2O2. The van der Waals surface area contributed by atoms with Crippen LogP contribution >= 0.6 is 0 Å². The van der Waals surface area contributed by atoms with Gasteiger partial charge in [-0.15, -0.1) is 0 Å². The molecule has 0 bridgehead atoms. The lowest BCUT2D eigenvalue weighted by Crippen LogP contribution is -2.53. The summed E-state index contributed by atoms with van der Waals surface area (Å²) in [5.41, 5.74) is 3.48. The summed E-state index contributed by atoms with van der Waals surface area (Å²) in [5, 5.41) is 0. The van der Waals surface area contributed by atoms with Crippen LogP contribution in [0.25, 0.3) is 0 Å². The lowest BCUT2D eigenvalue weighted by molar-refractivity contribution is 0.0877. The van der Waals surface area contributed by atoms with E-state index in [1.165, 1.54) is 0 Å². The fourth-order valence-corrected chi connectivity index (χ4v) is 3.73. The van der Waals surface area contributed by atoms with Crippen LogP contribution in [-0.4, -0.2) is 17.9 Å². The van der Waals surface area contributed by atoms with E-state index in [9.17, 15) is 9.59 Å². The van der Waals surface area contributed by atoms with Crippen molar-refractivity contribution >= 4 is 28.8 Å². The van der Waals surface area contributed by atoms with Crippen LogP contribution in [0.2, 0.25) is 0 Å². The number of carbonyl (C=O) groups is 2. The fourth-order valence-electron chi connectivity index (χ4n) is 3.73. The number of fused-ring (bicyclic) bond motifs is 4. The quantitative estimate of drug-likeness (QED) is 0.678. The van der Waals surface area contributed by atoms with Gasteiger partial charge in [-0.1, -0.05) is 48.5 Å². The first kappa shape index (κ1) is 14.0. The number of rotatable bonds is 1. The lowest BCUT2D eigenvalue weighted by atomic mass is 9.95. The van der Waals surface area contributed by atoms with Crippen LogP contribution in [0.4, 0.5) is 17.1 Å². The largest absolute Gasteiger partial charge is 0.311 e. The number of hydrogen-bond acceptors (Lipinski definition) is 3. The van der Waals surface area contributed by atoms with Crippen LogP contribution in [0.1, 0.15) is 20.7 Å². The van der Waals surface area contributed by atoms with Crippen molar-refractivity contribution in [2.75, 3.05) is 9.80 Å². The number of nitrogens with zero attached hydrogens (tertiary/aromatic N) is 2. The van der Waals surface area contributed by atoms with Crippen molar-refractivity contribution in [3.8, 4) is 0 Å². The Morgan fingerprint density at radius 3 is 1.88 bits per heavy atom. The zero-order valence-corrected chi connectivity index (χ0v) is 13.3. The SMILES string of the molecule is O=C1c2ccccc2C(=O)N2c3ccccc3N(c3ccccc3)C12. The number of Topliss-reactive ketones (excluding diaryl/α,β-unsaturated/α-hetero) is 1. The summed E-state index contributed by atoms with van der Waals surface area (Å²) in [6.07, 6.45) is -0.679. The minimum Gasteiger partial charge on any atom is -0.311 e. The van der Waals surface area contributed by atoms with Crippen LogP contribution in [0, 0.1) is 0 Å². The van der Waals surface area contributed by atoms with Crippen LogP contribution < -0.4 is 9.80 Å². The number of carbonyl (C=O) groups excluding carboxylic acids is 2. The standard InChI is InChI=1S/C21H14N2O2/c24-19-15-10-4-5-11-16(15)21(25)23-18-13-7-6-12-17(18)22(20(19)23)14-8-2-1-3-9-14/h1-13,20H. The average Bonchev–Trinajstić information content (AvgIpc) is 3.02. The minimum atomic E-state index is -0.679. The zero-order chi connectivity index (χ0) is 17.0. The molecule has 0 saturated carbocycles. The molecule has 25 heavy (non-hydrogen) atoms. The number of ketones is 1. The molecule has 1 unspecified atom stereocenters. The molecule has 2 aliphatic rings. The Bertz CT molecular complexity index is 1010. The molecule has 0 saturated heterocycles. The van der Waals surface area contributed by atoms with Gasteiger partial charge in [-0.2, -0.15) is 0 Å². The summed E-state index contributed by atoms with van der Waals surface area (Å²) in [4.78, 5) is 30.0. The van der Waals surface area contributed by atoms with Crippen molar-refractivity contribution in [3.05, 3.63) is 90.0 Å². The third-order valence-corrected chi connectivity index (χ3v) is 4.80. The van der Waals surface area contributed by atoms with Gasteiger partial charge in [0.2, 0.25) is 5.78 Å². The molecule has 0 fully saturated rings. The average molecular weight is 326 g/mol. The van der Waals surface area contributed by atoms with E-state index in [4.69, 9.17) is 0 Å². The van der Waals surface area contributed by atoms with E-state index in [1.807, 2.05) is 59.5 Å². The van der Waals surface area contributed by atoms with Crippen molar-refractivity contribution in [3.63, 3.8) is 0 Å². The molecular weight excluding hydrogens is 312 g/mol. The highest BCUT2D eigenvalue weighted by Gasteiger charge is 2.49. The Morgan fingerprint density at radius 1 is 0.600 bits per heavy atom. The predicted octanol–water partition coefficient (Wildman–Crippen LogP) is 4.01. The maximum atomic E-state index is 13.3. The molecule has 0 radical (unpaired) electrons. The van der Waals surface area contributed by atoms with Gasteiger partial charge in [0.15, 0.2) is 6.17 Å². The number of para-hydroxylation sites is 3. The molecule has 3 aromatic rings. The Labute approximate surface area is 144 Å². The third kappa shape index (κ3) is 1.82. The van der Waals surface area contributed by atoms with Gasteiger partial charge in [-0.05, 0) is 30.3 Å². The van der Waals surface area contributed by atoms with Crippen molar-refractivity contribution in [1.82, 2.24) is 0 Å². The van der Waals surface area contributed by atoms with E-state index in [2.05, 4.69) is 0 Å². The van der Waals surface area contributed by atoms with Crippen molar-refractivity contribution in [2.24, 2.45) is 0 Å². The Morgan fingerprint density at radius 2 is 1.16 bits per heavy atom. The van der Waals surface area contributed by atoms with Gasteiger partial charge < -0.3 is 4.90 Å². The summed E-state index contributed by atoms with van der Waals surface area (Å²) in [7, 11) is 0. The molecule has 5 rings (SSSR count). The second-order valence-electron chi connectivity index (χ2n) is 6.15. The lowest BCUT2D eigenvalue weighted by Gasteiger charge is -2.34. The maximum Gasteiger partial charge on any atom is 0.261 e. The molecule has 4 heteroatoms. The second-order valence-corrected chi connectivity index (χ2v) is 6.15.